The summed E-state index contributed by atoms with van der Waals surface area (Å²) in [6.07, 6.45) is 0.844. The number of aliphatic hydroxyl groups is 1. The average molecular weight is 443 g/mol. The summed E-state index contributed by atoms with van der Waals surface area (Å²) < 4.78 is 15.1. The van der Waals surface area contributed by atoms with Crippen molar-refractivity contribution in [2.45, 2.75) is 25.0 Å². The van der Waals surface area contributed by atoms with Gasteiger partial charge in [-0.05, 0) is 63.9 Å². The fraction of sp³-hybridized carbons (Fsp3) is 0.500. The molecule has 2 aliphatic heterocycles. The number of fused-ring (bicyclic) bond motifs is 4. The van der Waals surface area contributed by atoms with Crippen LogP contribution >= 0.6 is 0 Å². The molecule has 2 aromatic rings. The highest BCUT2D eigenvalue weighted by Crippen LogP contribution is 2.47. The highest BCUT2D eigenvalue weighted by Gasteiger charge is 2.54. The minimum absolute atomic E-state index is 0.0781. The van der Waals surface area contributed by atoms with Crippen LogP contribution in [-0.2, 0) is 11.3 Å². The molecule has 172 valence electrons. The van der Waals surface area contributed by atoms with Crippen LogP contribution in [0, 0.1) is 17.7 Å². The molecule has 2 aliphatic rings. The molecular weight excluding hydrogens is 411 g/mol. The van der Waals surface area contributed by atoms with Gasteiger partial charge < -0.3 is 19.9 Å². The Kier molecular flexibility index (Phi) is 6.46. The van der Waals surface area contributed by atoms with E-state index >= 15 is 0 Å². The lowest BCUT2D eigenvalue weighted by Crippen LogP contribution is -2.44. The van der Waals surface area contributed by atoms with E-state index < -0.39 is 5.92 Å². The zero-order valence-corrected chi connectivity index (χ0v) is 18.8. The van der Waals surface area contributed by atoms with Gasteiger partial charge in [0.25, 0.3) is 5.56 Å². The van der Waals surface area contributed by atoms with Crippen molar-refractivity contribution in [1.29, 1.82) is 0 Å². The summed E-state index contributed by atoms with van der Waals surface area (Å²) in [6.45, 7) is 1.74. The summed E-state index contributed by atoms with van der Waals surface area (Å²) in [5, 5.41) is 13.2. The number of benzene rings is 1. The smallest absolute Gasteiger partial charge is 0.258 e. The molecule has 4 atom stereocenters. The molecule has 2 N–H and O–H groups in total. The minimum Gasteiger partial charge on any atom is -0.396 e. The Morgan fingerprint density at radius 2 is 1.94 bits per heavy atom. The van der Waals surface area contributed by atoms with E-state index in [1.807, 2.05) is 27.2 Å². The number of rotatable bonds is 7. The Balaban J connectivity index is 1.65. The van der Waals surface area contributed by atoms with E-state index in [1.165, 1.54) is 12.1 Å². The predicted octanol–water partition coefficient (Wildman–Crippen LogP) is 1.32. The second kappa shape index (κ2) is 9.13. The van der Waals surface area contributed by atoms with E-state index in [2.05, 4.69) is 15.1 Å². The van der Waals surface area contributed by atoms with Gasteiger partial charge in [-0.2, -0.15) is 0 Å². The molecule has 0 aliphatic carbocycles. The number of pyridine rings is 1. The lowest BCUT2D eigenvalue weighted by atomic mass is 9.86. The number of aromatic nitrogens is 1. The van der Waals surface area contributed by atoms with E-state index in [-0.39, 0.29) is 41.9 Å². The highest BCUT2D eigenvalue weighted by molar-refractivity contribution is 5.80. The third kappa shape index (κ3) is 3.98. The van der Waals surface area contributed by atoms with Crippen molar-refractivity contribution in [2.75, 3.05) is 40.8 Å². The molecule has 7 nitrogen and oxygen atoms in total. The maximum absolute atomic E-state index is 13.4. The molecule has 4 rings (SSSR count). The van der Waals surface area contributed by atoms with E-state index in [4.69, 9.17) is 0 Å². The van der Waals surface area contributed by atoms with Crippen molar-refractivity contribution in [3.8, 4) is 11.1 Å². The van der Waals surface area contributed by atoms with Gasteiger partial charge >= 0.3 is 0 Å². The van der Waals surface area contributed by atoms with Crippen molar-refractivity contribution in [1.82, 2.24) is 19.7 Å². The van der Waals surface area contributed by atoms with E-state index in [0.717, 1.165) is 18.7 Å². The molecule has 32 heavy (non-hydrogen) atoms. The topological polar surface area (TPSA) is 77.8 Å². The molecule has 0 unspecified atom stereocenters. The molecule has 1 aromatic carbocycles. The first-order valence-electron chi connectivity index (χ1n) is 11.1. The number of carbonyl (C=O) groups is 1. The lowest BCUT2D eigenvalue weighted by molar-refractivity contribution is -0.127. The molecule has 2 bridgehead atoms. The maximum Gasteiger partial charge on any atom is 0.258 e. The molecule has 1 aromatic heterocycles. The summed E-state index contributed by atoms with van der Waals surface area (Å²) >= 11 is 0. The average Bonchev–Trinajstić information content (AvgIpc) is 2.94. The van der Waals surface area contributed by atoms with Crippen LogP contribution in [0.15, 0.2) is 41.2 Å². The maximum atomic E-state index is 13.4. The molecule has 0 saturated carbocycles. The number of hydrogen-bond acceptors (Lipinski definition) is 5. The van der Waals surface area contributed by atoms with Gasteiger partial charge in [0.15, 0.2) is 0 Å². The summed E-state index contributed by atoms with van der Waals surface area (Å²) in [6, 6.07) is 9.14. The van der Waals surface area contributed by atoms with Crippen LogP contribution in [0.5, 0.6) is 0 Å². The van der Waals surface area contributed by atoms with Crippen molar-refractivity contribution < 1.29 is 14.3 Å². The van der Waals surface area contributed by atoms with Gasteiger partial charge in [-0.1, -0.05) is 12.1 Å². The quantitative estimate of drug-likeness (QED) is 0.633. The van der Waals surface area contributed by atoms with Gasteiger partial charge in [-0.15, -0.1) is 0 Å². The van der Waals surface area contributed by atoms with Crippen LogP contribution in [0.1, 0.15) is 18.2 Å². The standard InChI is InChI=1S/C24H31FN4O3/c1-27(2)12-4-11-26-23(31)21-18(14-30)20-13-29-19(22(21)28(20)3)10-9-17(24(29)32)15-5-7-16(25)8-6-15/h5-10,18,20-22,30H,4,11-14H2,1-3H3,(H,26,31)/t18-,20-,21+,22+/m0/s1. The first kappa shape index (κ1) is 22.6. The van der Waals surface area contributed by atoms with Crippen LogP contribution < -0.4 is 10.9 Å². The van der Waals surface area contributed by atoms with Gasteiger partial charge in [0.2, 0.25) is 5.91 Å². The Hall–Kier alpha value is -2.55. The summed E-state index contributed by atoms with van der Waals surface area (Å²) in [5.74, 6) is -1.12. The number of hydrogen-bond donors (Lipinski definition) is 2. The van der Waals surface area contributed by atoms with Crippen molar-refractivity contribution in [3.05, 3.63) is 58.3 Å². The van der Waals surface area contributed by atoms with Crippen molar-refractivity contribution >= 4 is 5.91 Å². The summed E-state index contributed by atoms with van der Waals surface area (Å²) in [7, 11) is 5.94. The van der Waals surface area contributed by atoms with Crippen LogP contribution in [0.3, 0.4) is 0 Å². The SMILES string of the molecule is CN(C)CCCNC(=O)[C@@H]1[C@@H](CO)[C@@H]2Cn3c(ccc(-c4ccc(F)cc4)c3=O)[C@H]1N2C. The number of likely N-dealkylation sites (N-methyl/N-ethyl adjacent to an activating group) is 1. The number of halogens is 1. The van der Waals surface area contributed by atoms with Crippen LogP contribution in [0.2, 0.25) is 0 Å². The Bertz CT molecular complexity index is 1040. The van der Waals surface area contributed by atoms with E-state index in [1.54, 1.807) is 22.8 Å². The van der Waals surface area contributed by atoms with Gasteiger partial charge in [0, 0.05) is 42.9 Å². The normalized spacial score (nSPS) is 24.6. The zero-order valence-electron chi connectivity index (χ0n) is 18.8. The fourth-order valence-corrected chi connectivity index (χ4v) is 5.27. The van der Waals surface area contributed by atoms with Crippen molar-refractivity contribution in [3.63, 3.8) is 0 Å². The molecule has 1 amide bonds. The predicted molar refractivity (Wildman–Crippen MR) is 121 cm³/mol. The summed E-state index contributed by atoms with van der Waals surface area (Å²) in [5.41, 5.74) is 1.79. The first-order valence-corrected chi connectivity index (χ1v) is 11.1. The van der Waals surface area contributed by atoms with E-state index in [0.29, 0.717) is 24.2 Å². The van der Waals surface area contributed by atoms with Crippen LogP contribution in [0.25, 0.3) is 11.1 Å². The third-order valence-electron chi connectivity index (χ3n) is 6.89. The largest absolute Gasteiger partial charge is 0.396 e. The number of amides is 1. The summed E-state index contributed by atoms with van der Waals surface area (Å²) in [4.78, 5) is 30.7. The molecule has 1 saturated heterocycles. The molecular formula is C24H31FN4O3. The highest BCUT2D eigenvalue weighted by atomic mass is 19.1. The molecule has 8 heteroatoms. The number of carbonyl (C=O) groups excluding carboxylic acids is 1. The molecule has 0 radical (unpaired) electrons. The van der Waals surface area contributed by atoms with Gasteiger partial charge in [-0.3, -0.25) is 14.5 Å². The first-order chi connectivity index (χ1) is 15.3. The monoisotopic (exact) mass is 442 g/mol. The second-order valence-electron chi connectivity index (χ2n) is 9.09. The molecule has 3 heterocycles. The fourth-order valence-electron chi connectivity index (χ4n) is 5.27. The number of nitrogens with one attached hydrogen (secondary N) is 1. The lowest BCUT2D eigenvalue weighted by Gasteiger charge is -2.35. The Morgan fingerprint density at radius 1 is 1.22 bits per heavy atom. The van der Waals surface area contributed by atoms with Gasteiger partial charge in [0.1, 0.15) is 5.82 Å². The zero-order chi connectivity index (χ0) is 23.0. The Morgan fingerprint density at radius 3 is 2.59 bits per heavy atom. The van der Waals surface area contributed by atoms with Crippen LogP contribution in [0.4, 0.5) is 4.39 Å². The minimum atomic E-state index is -0.431. The number of nitrogens with zero attached hydrogens (tertiary/aromatic N) is 3. The third-order valence-corrected chi connectivity index (χ3v) is 6.89. The van der Waals surface area contributed by atoms with E-state index in [9.17, 15) is 19.1 Å². The van der Waals surface area contributed by atoms with Gasteiger partial charge in [-0.25, -0.2) is 4.39 Å². The number of aliphatic hydroxyl groups excluding tert-OH is 1. The molecule has 1 fully saturated rings. The van der Waals surface area contributed by atoms with Crippen LogP contribution in [-0.4, -0.2) is 72.3 Å². The molecule has 0 spiro atoms. The van der Waals surface area contributed by atoms with Crippen molar-refractivity contribution in [2.24, 2.45) is 11.8 Å². The second-order valence-corrected chi connectivity index (χ2v) is 9.09. The van der Waals surface area contributed by atoms with Gasteiger partial charge in [0.05, 0.1) is 12.0 Å². The Labute approximate surface area is 187 Å².